The lowest BCUT2D eigenvalue weighted by Gasteiger charge is -2.17. The molecule has 1 aromatic rings. The standard InChI is InChI=1S/C15H24FN3O3S/c1-4-17-15(19-12(2)11-22-3)18-9-10-23(20,21)14-8-6-5-7-13(14)16/h5-8,12H,4,9-11H2,1-3H3,(H2,17,18,19). The Morgan fingerprint density at radius 1 is 1.39 bits per heavy atom. The Hall–Kier alpha value is -1.67. The number of halogens is 1. The van der Waals surface area contributed by atoms with Crippen molar-refractivity contribution in [2.75, 3.05) is 32.6 Å². The molecule has 2 N–H and O–H groups in total. The molecule has 1 unspecified atom stereocenters. The first-order chi connectivity index (χ1) is 10.9. The van der Waals surface area contributed by atoms with E-state index in [9.17, 15) is 12.8 Å². The van der Waals surface area contributed by atoms with Gasteiger partial charge in [-0.2, -0.15) is 0 Å². The summed E-state index contributed by atoms with van der Waals surface area (Å²) in [4.78, 5) is 3.92. The molecule has 130 valence electrons. The number of ether oxygens (including phenoxy) is 1. The zero-order valence-corrected chi connectivity index (χ0v) is 14.5. The van der Waals surface area contributed by atoms with Gasteiger partial charge in [-0.05, 0) is 26.0 Å². The molecule has 0 spiro atoms. The molecule has 0 heterocycles. The fraction of sp³-hybridized carbons (Fsp3) is 0.533. The van der Waals surface area contributed by atoms with Gasteiger partial charge in [-0.15, -0.1) is 0 Å². The molecule has 0 bridgehead atoms. The lowest BCUT2D eigenvalue weighted by Crippen LogP contribution is -2.44. The van der Waals surface area contributed by atoms with Gasteiger partial charge < -0.3 is 15.4 Å². The van der Waals surface area contributed by atoms with Gasteiger partial charge >= 0.3 is 0 Å². The average molecular weight is 345 g/mol. The summed E-state index contributed by atoms with van der Waals surface area (Å²) >= 11 is 0. The quantitative estimate of drug-likeness (QED) is 0.546. The number of hydrogen-bond donors (Lipinski definition) is 2. The molecule has 0 radical (unpaired) electrons. The van der Waals surface area contributed by atoms with Crippen LogP contribution in [0.2, 0.25) is 0 Å². The van der Waals surface area contributed by atoms with Gasteiger partial charge in [0.25, 0.3) is 0 Å². The fourth-order valence-corrected chi connectivity index (χ4v) is 3.13. The van der Waals surface area contributed by atoms with E-state index in [1.165, 1.54) is 18.2 Å². The van der Waals surface area contributed by atoms with Crippen LogP contribution in [-0.2, 0) is 14.6 Å². The van der Waals surface area contributed by atoms with Crippen molar-refractivity contribution in [3.8, 4) is 0 Å². The molecule has 0 aliphatic carbocycles. The van der Waals surface area contributed by atoms with Crippen molar-refractivity contribution in [1.29, 1.82) is 0 Å². The van der Waals surface area contributed by atoms with Crippen LogP contribution >= 0.6 is 0 Å². The molecular weight excluding hydrogens is 321 g/mol. The molecule has 1 atom stereocenters. The molecule has 23 heavy (non-hydrogen) atoms. The van der Waals surface area contributed by atoms with Crippen LogP contribution in [0.15, 0.2) is 34.2 Å². The van der Waals surface area contributed by atoms with E-state index in [1.807, 2.05) is 13.8 Å². The molecule has 0 amide bonds. The van der Waals surface area contributed by atoms with Gasteiger partial charge in [-0.3, -0.25) is 4.99 Å². The Bertz CT molecular complexity index is 620. The molecule has 1 aromatic carbocycles. The van der Waals surface area contributed by atoms with Crippen LogP contribution in [0.4, 0.5) is 4.39 Å². The normalized spacial score (nSPS) is 13.7. The Morgan fingerprint density at radius 3 is 2.70 bits per heavy atom. The Balaban J connectivity index is 2.71. The maximum atomic E-state index is 13.6. The zero-order valence-electron chi connectivity index (χ0n) is 13.7. The van der Waals surface area contributed by atoms with Gasteiger partial charge in [-0.1, -0.05) is 12.1 Å². The lowest BCUT2D eigenvalue weighted by molar-refractivity contribution is 0.179. The van der Waals surface area contributed by atoms with E-state index in [-0.39, 0.29) is 23.2 Å². The minimum atomic E-state index is -3.70. The molecule has 0 aromatic heterocycles. The third-order valence-electron chi connectivity index (χ3n) is 2.95. The van der Waals surface area contributed by atoms with E-state index in [1.54, 1.807) is 7.11 Å². The highest BCUT2D eigenvalue weighted by molar-refractivity contribution is 7.91. The van der Waals surface area contributed by atoms with E-state index in [0.29, 0.717) is 19.1 Å². The summed E-state index contributed by atoms with van der Waals surface area (Å²) in [6.07, 6.45) is 0. The maximum Gasteiger partial charge on any atom is 0.191 e. The average Bonchev–Trinajstić information content (AvgIpc) is 2.47. The van der Waals surface area contributed by atoms with Crippen molar-refractivity contribution in [2.24, 2.45) is 4.99 Å². The number of nitrogens with zero attached hydrogens (tertiary/aromatic N) is 1. The van der Waals surface area contributed by atoms with Gasteiger partial charge in [-0.25, -0.2) is 12.8 Å². The van der Waals surface area contributed by atoms with Crippen molar-refractivity contribution in [2.45, 2.75) is 24.8 Å². The summed E-state index contributed by atoms with van der Waals surface area (Å²) < 4.78 is 42.9. The SMILES string of the molecule is CCNC(=NCCS(=O)(=O)c1ccccc1F)NC(C)COC. The molecule has 0 aliphatic heterocycles. The Morgan fingerprint density at radius 2 is 2.09 bits per heavy atom. The Kier molecular flexibility index (Phi) is 7.97. The van der Waals surface area contributed by atoms with Crippen LogP contribution in [0.1, 0.15) is 13.8 Å². The number of methoxy groups -OCH3 is 1. The van der Waals surface area contributed by atoms with Crippen LogP contribution in [0.25, 0.3) is 0 Å². The minimum Gasteiger partial charge on any atom is -0.383 e. The van der Waals surface area contributed by atoms with Crippen molar-refractivity contribution < 1.29 is 17.5 Å². The molecular formula is C15H24FN3O3S. The summed E-state index contributed by atoms with van der Waals surface area (Å²) in [5.41, 5.74) is 0. The predicted molar refractivity (Wildman–Crippen MR) is 88.9 cm³/mol. The number of guanidine groups is 1. The molecule has 0 fully saturated rings. The molecule has 0 aliphatic rings. The van der Waals surface area contributed by atoms with Gasteiger partial charge in [0.05, 0.1) is 18.9 Å². The summed E-state index contributed by atoms with van der Waals surface area (Å²) in [5, 5.41) is 6.12. The second kappa shape index (κ2) is 9.46. The highest BCUT2D eigenvalue weighted by Crippen LogP contribution is 2.14. The van der Waals surface area contributed by atoms with Crippen LogP contribution in [-0.4, -0.2) is 53.0 Å². The summed E-state index contributed by atoms with van der Waals surface area (Å²) in [5.74, 6) is -0.501. The molecule has 8 heteroatoms. The molecule has 1 rings (SSSR count). The fourth-order valence-electron chi connectivity index (χ4n) is 1.93. The van der Waals surface area contributed by atoms with Gasteiger partial charge in [0, 0.05) is 19.7 Å². The van der Waals surface area contributed by atoms with Crippen LogP contribution in [0.5, 0.6) is 0 Å². The predicted octanol–water partition coefficient (Wildman–Crippen LogP) is 1.19. The van der Waals surface area contributed by atoms with Crippen molar-refractivity contribution >= 4 is 15.8 Å². The topological polar surface area (TPSA) is 79.8 Å². The lowest BCUT2D eigenvalue weighted by atomic mass is 10.3. The highest BCUT2D eigenvalue weighted by atomic mass is 32.2. The number of benzene rings is 1. The third kappa shape index (κ3) is 6.54. The smallest absolute Gasteiger partial charge is 0.191 e. The summed E-state index contributed by atoms with van der Waals surface area (Å²) in [6, 6.07) is 5.38. The molecule has 0 saturated heterocycles. The number of nitrogens with one attached hydrogen (secondary N) is 2. The summed E-state index contributed by atoms with van der Waals surface area (Å²) in [7, 11) is -2.10. The van der Waals surface area contributed by atoms with Crippen molar-refractivity contribution in [1.82, 2.24) is 10.6 Å². The van der Waals surface area contributed by atoms with E-state index in [2.05, 4.69) is 15.6 Å². The van der Waals surface area contributed by atoms with Crippen molar-refractivity contribution in [3.05, 3.63) is 30.1 Å². The zero-order chi connectivity index (χ0) is 17.3. The highest BCUT2D eigenvalue weighted by Gasteiger charge is 2.18. The Labute approximate surface area is 137 Å². The minimum absolute atomic E-state index is 0.0287. The van der Waals surface area contributed by atoms with E-state index >= 15 is 0 Å². The first kappa shape index (κ1) is 19.4. The van der Waals surface area contributed by atoms with Crippen molar-refractivity contribution in [3.63, 3.8) is 0 Å². The number of hydrogen-bond acceptors (Lipinski definition) is 4. The third-order valence-corrected chi connectivity index (χ3v) is 4.67. The van der Waals surface area contributed by atoms with Gasteiger partial charge in [0.1, 0.15) is 10.7 Å². The summed E-state index contributed by atoms with van der Waals surface area (Å²) in [6.45, 7) is 5.01. The van der Waals surface area contributed by atoms with E-state index in [4.69, 9.17) is 4.74 Å². The van der Waals surface area contributed by atoms with Crippen LogP contribution in [0, 0.1) is 5.82 Å². The van der Waals surface area contributed by atoms with E-state index in [0.717, 1.165) is 6.07 Å². The number of aliphatic imine (C=N–C) groups is 1. The van der Waals surface area contributed by atoms with Gasteiger partial charge in [0.15, 0.2) is 15.8 Å². The largest absolute Gasteiger partial charge is 0.383 e. The van der Waals surface area contributed by atoms with Gasteiger partial charge in [0.2, 0.25) is 0 Å². The monoisotopic (exact) mass is 345 g/mol. The first-order valence-electron chi connectivity index (χ1n) is 7.41. The second-order valence-electron chi connectivity index (χ2n) is 5.01. The maximum absolute atomic E-state index is 13.6. The first-order valence-corrected chi connectivity index (χ1v) is 9.07. The van der Waals surface area contributed by atoms with Crippen LogP contribution in [0.3, 0.4) is 0 Å². The second-order valence-corrected chi connectivity index (χ2v) is 7.09. The number of rotatable bonds is 8. The number of sulfone groups is 1. The molecule has 0 saturated carbocycles. The van der Waals surface area contributed by atoms with E-state index < -0.39 is 15.7 Å². The van der Waals surface area contributed by atoms with Crippen LogP contribution < -0.4 is 10.6 Å². The molecule has 6 nitrogen and oxygen atoms in total.